The maximum atomic E-state index is 13.6. The molecule has 7 heteroatoms. The minimum Gasteiger partial charge on any atom is -0.289 e. The van der Waals surface area contributed by atoms with Crippen LogP contribution in [0.1, 0.15) is 29.8 Å². The fourth-order valence-electron chi connectivity index (χ4n) is 2.41. The number of rotatable bonds is 7. The van der Waals surface area contributed by atoms with Crippen LogP contribution in [-0.2, 0) is 10.0 Å². The van der Waals surface area contributed by atoms with E-state index in [4.69, 9.17) is 0 Å². The SMILES string of the molecule is CCN(CC)S(=O)(=O)c1ccc(C(=O)/C=C/c2cccc(F)c2F)cc1. The Morgan fingerprint density at radius 2 is 1.65 bits per heavy atom. The summed E-state index contributed by atoms with van der Waals surface area (Å²) in [7, 11) is -3.60. The van der Waals surface area contributed by atoms with Gasteiger partial charge in [0.2, 0.25) is 10.0 Å². The molecule has 0 fully saturated rings. The van der Waals surface area contributed by atoms with Gasteiger partial charge in [0.15, 0.2) is 17.4 Å². The number of carbonyl (C=O) groups excluding carboxylic acids is 1. The van der Waals surface area contributed by atoms with Crippen LogP contribution in [0.4, 0.5) is 8.78 Å². The molecule has 0 aliphatic carbocycles. The zero-order valence-corrected chi connectivity index (χ0v) is 15.3. The maximum Gasteiger partial charge on any atom is 0.243 e. The summed E-state index contributed by atoms with van der Waals surface area (Å²) in [5.74, 6) is -2.47. The molecule has 0 saturated heterocycles. The zero-order valence-electron chi connectivity index (χ0n) is 14.4. The Balaban J connectivity index is 2.21. The summed E-state index contributed by atoms with van der Waals surface area (Å²) >= 11 is 0. The summed E-state index contributed by atoms with van der Waals surface area (Å²) in [6.45, 7) is 4.19. The van der Waals surface area contributed by atoms with E-state index < -0.39 is 27.4 Å². The molecule has 2 aromatic rings. The van der Waals surface area contributed by atoms with Crippen molar-refractivity contribution in [3.63, 3.8) is 0 Å². The molecule has 0 bridgehead atoms. The highest BCUT2D eigenvalue weighted by Crippen LogP contribution is 2.17. The van der Waals surface area contributed by atoms with Crippen molar-refractivity contribution in [2.24, 2.45) is 0 Å². The van der Waals surface area contributed by atoms with Crippen LogP contribution in [0.15, 0.2) is 53.4 Å². The van der Waals surface area contributed by atoms with Gasteiger partial charge in [0.25, 0.3) is 0 Å². The van der Waals surface area contributed by atoms with Gasteiger partial charge in [-0.1, -0.05) is 26.0 Å². The second-order valence-corrected chi connectivity index (χ2v) is 7.39. The number of nitrogens with zero attached hydrogens (tertiary/aromatic N) is 1. The van der Waals surface area contributed by atoms with Crippen LogP contribution in [0.2, 0.25) is 0 Å². The molecule has 0 N–H and O–H groups in total. The number of hydrogen-bond donors (Lipinski definition) is 0. The molecular weight excluding hydrogens is 360 g/mol. The molecule has 0 aromatic heterocycles. The number of ketones is 1. The quantitative estimate of drug-likeness (QED) is 0.542. The predicted molar refractivity (Wildman–Crippen MR) is 96.3 cm³/mol. The van der Waals surface area contributed by atoms with E-state index in [2.05, 4.69) is 0 Å². The highest BCUT2D eigenvalue weighted by molar-refractivity contribution is 7.89. The van der Waals surface area contributed by atoms with Crippen LogP contribution >= 0.6 is 0 Å². The van der Waals surface area contributed by atoms with Gasteiger partial charge < -0.3 is 0 Å². The van der Waals surface area contributed by atoms with E-state index >= 15 is 0 Å². The van der Waals surface area contributed by atoms with E-state index in [0.29, 0.717) is 13.1 Å². The molecule has 4 nitrogen and oxygen atoms in total. The van der Waals surface area contributed by atoms with E-state index in [0.717, 1.165) is 12.1 Å². The molecule has 0 amide bonds. The number of allylic oxidation sites excluding steroid dienone is 1. The van der Waals surface area contributed by atoms with Crippen molar-refractivity contribution < 1.29 is 22.0 Å². The van der Waals surface area contributed by atoms with Crippen molar-refractivity contribution in [1.29, 1.82) is 0 Å². The fourth-order valence-corrected chi connectivity index (χ4v) is 3.87. The monoisotopic (exact) mass is 379 g/mol. The summed E-state index contributed by atoms with van der Waals surface area (Å²) in [4.78, 5) is 12.3. The van der Waals surface area contributed by atoms with Gasteiger partial charge in [-0.3, -0.25) is 4.79 Å². The molecule has 0 aliphatic heterocycles. The van der Waals surface area contributed by atoms with E-state index in [1.165, 1.54) is 46.8 Å². The van der Waals surface area contributed by atoms with Gasteiger partial charge in [0, 0.05) is 24.2 Å². The minimum atomic E-state index is -3.60. The second kappa shape index (κ2) is 8.33. The Labute approximate surface area is 151 Å². The van der Waals surface area contributed by atoms with Crippen molar-refractivity contribution in [3.8, 4) is 0 Å². The van der Waals surface area contributed by atoms with Crippen LogP contribution in [0.5, 0.6) is 0 Å². The first-order valence-corrected chi connectivity index (χ1v) is 9.51. The lowest BCUT2D eigenvalue weighted by molar-refractivity contribution is 0.104. The van der Waals surface area contributed by atoms with E-state index in [9.17, 15) is 22.0 Å². The average Bonchev–Trinajstić information content (AvgIpc) is 2.63. The van der Waals surface area contributed by atoms with Crippen LogP contribution in [-0.4, -0.2) is 31.6 Å². The van der Waals surface area contributed by atoms with Gasteiger partial charge in [-0.25, -0.2) is 17.2 Å². The Morgan fingerprint density at radius 3 is 2.23 bits per heavy atom. The van der Waals surface area contributed by atoms with E-state index in [-0.39, 0.29) is 16.0 Å². The van der Waals surface area contributed by atoms with Gasteiger partial charge in [-0.05, 0) is 42.5 Å². The molecular formula is C19H19F2NO3S. The van der Waals surface area contributed by atoms with Gasteiger partial charge in [-0.15, -0.1) is 0 Å². The maximum absolute atomic E-state index is 13.6. The third-order valence-corrected chi connectivity index (χ3v) is 5.94. The van der Waals surface area contributed by atoms with Gasteiger partial charge in [-0.2, -0.15) is 4.31 Å². The summed E-state index contributed by atoms with van der Waals surface area (Å²) in [6, 6.07) is 9.19. The molecule has 2 rings (SSSR count). The van der Waals surface area contributed by atoms with Crippen LogP contribution in [0.3, 0.4) is 0 Å². The topological polar surface area (TPSA) is 54.5 Å². The summed E-state index contributed by atoms with van der Waals surface area (Å²) in [6.07, 6.45) is 2.30. The summed E-state index contributed by atoms with van der Waals surface area (Å²) < 4.78 is 52.9. The minimum absolute atomic E-state index is 0.0425. The fraction of sp³-hybridized carbons (Fsp3) is 0.211. The first kappa shape index (κ1) is 19.9. The third kappa shape index (κ3) is 4.23. The van der Waals surface area contributed by atoms with Crippen molar-refractivity contribution in [1.82, 2.24) is 4.31 Å². The predicted octanol–water partition coefficient (Wildman–Crippen LogP) is 3.89. The number of carbonyl (C=O) groups is 1. The van der Waals surface area contributed by atoms with Crippen LogP contribution < -0.4 is 0 Å². The largest absolute Gasteiger partial charge is 0.289 e. The van der Waals surface area contributed by atoms with E-state index in [1.54, 1.807) is 13.8 Å². The van der Waals surface area contributed by atoms with Crippen LogP contribution in [0.25, 0.3) is 6.08 Å². The molecule has 0 heterocycles. The first-order chi connectivity index (χ1) is 12.3. The van der Waals surface area contributed by atoms with Gasteiger partial charge >= 0.3 is 0 Å². The smallest absolute Gasteiger partial charge is 0.243 e. The van der Waals surface area contributed by atoms with Crippen molar-refractivity contribution in [3.05, 3.63) is 71.3 Å². The molecule has 0 radical (unpaired) electrons. The average molecular weight is 379 g/mol. The Hall–Kier alpha value is -2.38. The number of hydrogen-bond acceptors (Lipinski definition) is 3. The molecule has 2 aromatic carbocycles. The molecule has 0 atom stereocenters. The summed E-state index contributed by atoms with van der Waals surface area (Å²) in [5, 5.41) is 0. The summed E-state index contributed by atoms with van der Waals surface area (Å²) in [5.41, 5.74) is 0.204. The molecule has 138 valence electrons. The second-order valence-electron chi connectivity index (χ2n) is 5.45. The molecule has 0 spiro atoms. The molecule has 26 heavy (non-hydrogen) atoms. The van der Waals surface area contributed by atoms with Gasteiger partial charge in [0.05, 0.1) is 4.90 Å². The highest BCUT2D eigenvalue weighted by atomic mass is 32.2. The Bertz CT molecular complexity index is 918. The van der Waals surface area contributed by atoms with E-state index in [1.807, 2.05) is 0 Å². The lowest BCUT2D eigenvalue weighted by Gasteiger charge is -2.18. The Morgan fingerprint density at radius 1 is 1.04 bits per heavy atom. The van der Waals surface area contributed by atoms with Gasteiger partial charge in [0.1, 0.15) is 0 Å². The standard InChI is InChI=1S/C19H19F2NO3S/c1-3-22(4-2)26(24,25)16-11-8-14(9-12-16)18(23)13-10-15-6-5-7-17(20)19(15)21/h5-13H,3-4H2,1-2H3/b13-10+. The number of sulfonamides is 1. The van der Waals surface area contributed by atoms with Crippen molar-refractivity contribution >= 4 is 21.9 Å². The van der Waals surface area contributed by atoms with Crippen molar-refractivity contribution in [2.45, 2.75) is 18.7 Å². The van der Waals surface area contributed by atoms with Crippen LogP contribution in [0, 0.1) is 11.6 Å². The lowest BCUT2D eigenvalue weighted by atomic mass is 10.1. The highest BCUT2D eigenvalue weighted by Gasteiger charge is 2.21. The third-order valence-electron chi connectivity index (χ3n) is 3.88. The Kier molecular flexibility index (Phi) is 6.39. The van der Waals surface area contributed by atoms with Crippen molar-refractivity contribution in [2.75, 3.05) is 13.1 Å². The normalized spacial score (nSPS) is 12.0. The zero-order chi connectivity index (χ0) is 19.3. The number of benzene rings is 2. The molecule has 0 aliphatic rings. The number of halogens is 2. The first-order valence-electron chi connectivity index (χ1n) is 8.07. The lowest BCUT2D eigenvalue weighted by Crippen LogP contribution is -2.30. The molecule has 0 unspecified atom stereocenters. The molecule has 0 saturated carbocycles.